The second-order valence-electron chi connectivity index (χ2n) is 9.64. The highest BCUT2D eigenvalue weighted by atomic mass is 16.5. The third-order valence-electron chi connectivity index (χ3n) is 7.56. The summed E-state index contributed by atoms with van der Waals surface area (Å²) in [6.07, 6.45) is 17.6. The van der Waals surface area contributed by atoms with Crippen LogP contribution in [0.2, 0.25) is 0 Å². The van der Waals surface area contributed by atoms with Gasteiger partial charge in [-0.2, -0.15) is 0 Å². The molecule has 1 heterocycles. The van der Waals surface area contributed by atoms with Crippen LogP contribution in [0.25, 0.3) is 6.08 Å². The first-order chi connectivity index (χ1) is 15.9. The Bertz CT molecular complexity index is 947. The van der Waals surface area contributed by atoms with E-state index in [9.17, 15) is 0 Å². The number of allylic oxidation sites excluding steroid dienone is 2. The van der Waals surface area contributed by atoms with Crippen molar-refractivity contribution < 1.29 is 9.47 Å². The van der Waals surface area contributed by atoms with Crippen molar-refractivity contribution in [2.45, 2.75) is 63.9 Å². The number of fused-ring (bicyclic) bond motifs is 2. The molecule has 2 nitrogen and oxygen atoms in total. The maximum Gasteiger partial charge on any atom is 0.127 e. The quantitative estimate of drug-likeness (QED) is 0.505. The minimum atomic E-state index is 0.133. The number of hydrogen-bond donors (Lipinski definition) is 0. The van der Waals surface area contributed by atoms with Crippen LogP contribution in [0.15, 0.2) is 66.4 Å². The van der Waals surface area contributed by atoms with Crippen LogP contribution in [0.1, 0.15) is 73.3 Å². The molecule has 1 fully saturated rings. The highest BCUT2D eigenvalue weighted by molar-refractivity contribution is 5.58. The highest BCUT2D eigenvalue weighted by Crippen LogP contribution is 2.45. The van der Waals surface area contributed by atoms with Gasteiger partial charge in [0.1, 0.15) is 11.9 Å². The molecule has 0 bridgehead atoms. The Balaban J connectivity index is 1.46. The molecule has 1 saturated heterocycles. The SMILES string of the molecule is C1=CC(OC2c3ccccc3CCC2C2CCCCOCCC2)=Cc2ccccc2CC1. The fourth-order valence-corrected chi connectivity index (χ4v) is 5.87. The van der Waals surface area contributed by atoms with Crippen LogP contribution in [0.4, 0.5) is 0 Å². The molecule has 2 aromatic rings. The molecule has 3 unspecified atom stereocenters. The van der Waals surface area contributed by atoms with Gasteiger partial charge in [0.05, 0.1) is 0 Å². The van der Waals surface area contributed by atoms with E-state index in [2.05, 4.69) is 66.8 Å². The van der Waals surface area contributed by atoms with Crippen LogP contribution in [0.3, 0.4) is 0 Å². The summed E-state index contributed by atoms with van der Waals surface area (Å²) in [5, 5.41) is 0. The van der Waals surface area contributed by atoms with Gasteiger partial charge in [-0.25, -0.2) is 0 Å². The predicted octanol–water partition coefficient (Wildman–Crippen LogP) is 7.45. The van der Waals surface area contributed by atoms with Crippen molar-refractivity contribution in [2.24, 2.45) is 11.8 Å². The van der Waals surface area contributed by atoms with Crippen LogP contribution >= 0.6 is 0 Å². The molecule has 0 spiro atoms. The van der Waals surface area contributed by atoms with Gasteiger partial charge in [0.15, 0.2) is 0 Å². The molecule has 32 heavy (non-hydrogen) atoms. The third kappa shape index (κ3) is 5.02. The first kappa shape index (κ1) is 21.5. The van der Waals surface area contributed by atoms with E-state index >= 15 is 0 Å². The lowest BCUT2D eigenvalue weighted by Crippen LogP contribution is -2.29. The lowest BCUT2D eigenvalue weighted by atomic mass is 9.72. The largest absolute Gasteiger partial charge is 0.485 e. The molecule has 0 N–H and O–H groups in total. The molecule has 2 heteroatoms. The first-order valence-corrected chi connectivity index (χ1v) is 12.7. The van der Waals surface area contributed by atoms with Gasteiger partial charge < -0.3 is 9.47 Å². The molecular weight excluding hydrogens is 392 g/mol. The zero-order chi connectivity index (χ0) is 21.6. The lowest BCUT2D eigenvalue weighted by molar-refractivity contribution is 0.0245. The Morgan fingerprint density at radius 3 is 2.56 bits per heavy atom. The normalized spacial score (nSPS) is 26.2. The van der Waals surface area contributed by atoms with Crippen molar-refractivity contribution in [1.82, 2.24) is 0 Å². The van der Waals surface area contributed by atoms with E-state index in [1.807, 2.05) is 0 Å². The lowest BCUT2D eigenvalue weighted by Gasteiger charge is -2.39. The van der Waals surface area contributed by atoms with E-state index in [0.29, 0.717) is 11.8 Å². The number of ether oxygens (including phenoxy) is 2. The van der Waals surface area contributed by atoms with E-state index in [0.717, 1.165) is 31.8 Å². The summed E-state index contributed by atoms with van der Waals surface area (Å²) in [7, 11) is 0. The van der Waals surface area contributed by atoms with Crippen LogP contribution < -0.4 is 0 Å². The highest BCUT2D eigenvalue weighted by Gasteiger charge is 2.36. The summed E-state index contributed by atoms with van der Waals surface area (Å²) in [4.78, 5) is 0. The minimum Gasteiger partial charge on any atom is -0.485 e. The molecule has 2 aromatic carbocycles. The summed E-state index contributed by atoms with van der Waals surface area (Å²) in [6.45, 7) is 1.84. The molecule has 2 aliphatic carbocycles. The molecule has 3 aliphatic rings. The fraction of sp³-hybridized carbons (Fsp3) is 0.467. The van der Waals surface area contributed by atoms with Gasteiger partial charge in [-0.3, -0.25) is 0 Å². The monoisotopic (exact) mass is 428 g/mol. The maximum absolute atomic E-state index is 6.96. The number of rotatable bonds is 3. The van der Waals surface area contributed by atoms with Crippen LogP contribution in [-0.4, -0.2) is 13.2 Å². The summed E-state index contributed by atoms with van der Waals surface area (Å²) in [6, 6.07) is 17.7. The van der Waals surface area contributed by atoms with Gasteiger partial charge in [-0.05, 0) is 91.7 Å². The second kappa shape index (κ2) is 10.5. The fourth-order valence-electron chi connectivity index (χ4n) is 5.87. The molecule has 0 radical (unpaired) electrons. The molecule has 168 valence electrons. The Morgan fingerprint density at radius 1 is 0.781 bits per heavy atom. The summed E-state index contributed by atoms with van der Waals surface area (Å²) < 4.78 is 12.8. The van der Waals surface area contributed by atoms with Gasteiger partial charge in [0.25, 0.3) is 0 Å². The molecule has 5 rings (SSSR count). The Labute approximate surface area is 193 Å². The van der Waals surface area contributed by atoms with Gasteiger partial charge in [0.2, 0.25) is 0 Å². The zero-order valence-corrected chi connectivity index (χ0v) is 19.2. The van der Waals surface area contributed by atoms with E-state index in [4.69, 9.17) is 9.47 Å². The molecule has 0 amide bonds. The maximum atomic E-state index is 6.96. The van der Waals surface area contributed by atoms with Crippen molar-refractivity contribution in [2.75, 3.05) is 13.2 Å². The zero-order valence-electron chi connectivity index (χ0n) is 19.2. The standard InChI is InChI=1S/C30H36O2/c1-2-14-26-22-27(16-5-3-11-23(26)10-1)32-30-28-17-6-4-12-25(28)18-19-29(30)24-13-7-8-20-31-21-9-15-24/h1-2,4-6,10,12,14,16-17,22,24,29-30H,3,7-9,11,13,15,18-21H2. The van der Waals surface area contributed by atoms with Crippen LogP contribution in [-0.2, 0) is 22.3 Å². The average molecular weight is 429 g/mol. The second-order valence-corrected chi connectivity index (χ2v) is 9.64. The van der Waals surface area contributed by atoms with Gasteiger partial charge in [-0.1, -0.05) is 61.0 Å². The van der Waals surface area contributed by atoms with E-state index in [1.54, 1.807) is 0 Å². The number of aryl methyl sites for hydroxylation is 2. The number of hydrogen-bond acceptors (Lipinski definition) is 2. The van der Waals surface area contributed by atoms with Gasteiger partial charge in [-0.15, -0.1) is 0 Å². The van der Waals surface area contributed by atoms with Crippen molar-refractivity contribution in [3.63, 3.8) is 0 Å². The van der Waals surface area contributed by atoms with Crippen molar-refractivity contribution in [3.8, 4) is 0 Å². The minimum absolute atomic E-state index is 0.133. The predicted molar refractivity (Wildman–Crippen MR) is 131 cm³/mol. The Hall–Kier alpha value is -2.32. The number of benzene rings is 2. The van der Waals surface area contributed by atoms with Gasteiger partial charge in [0, 0.05) is 19.1 Å². The van der Waals surface area contributed by atoms with E-state index in [-0.39, 0.29) is 6.10 Å². The molecule has 0 saturated carbocycles. The summed E-state index contributed by atoms with van der Waals surface area (Å²) >= 11 is 0. The van der Waals surface area contributed by atoms with E-state index < -0.39 is 0 Å². The van der Waals surface area contributed by atoms with Crippen LogP contribution in [0, 0.1) is 11.8 Å². The van der Waals surface area contributed by atoms with Crippen molar-refractivity contribution in [3.05, 3.63) is 88.7 Å². The van der Waals surface area contributed by atoms with E-state index in [1.165, 1.54) is 67.2 Å². The Kier molecular flexibility index (Phi) is 7.08. The van der Waals surface area contributed by atoms with Crippen LogP contribution in [0.5, 0.6) is 0 Å². The summed E-state index contributed by atoms with van der Waals surface area (Å²) in [5.41, 5.74) is 5.59. The Morgan fingerprint density at radius 2 is 1.59 bits per heavy atom. The smallest absolute Gasteiger partial charge is 0.127 e. The average Bonchev–Trinajstić information content (AvgIpc) is 2.95. The summed E-state index contributed by atoms with van der Waals surface area (Å²) in [5.74, 6) is 2.29. The molecule has 3 atom stereocenters. The molecular formula is C30H36O2. The third-order valence-corrected chi connectivity index (χ3v) is 7.56. The first-order valence-electron chi connectivity index (χ1n) is 12.7. The molecule has 1 aliphatic heterocycles. The topological polar surface area (TPSA) is 18.5 Å². The van der Waals surface area contributed by atoms with Crippen molar-refractivity contribution in [1.29, 1.82) is 0 Å². The van der Waals surface area contributed by atoms with Gasteiger partial charge >= 0.3 is 0 Å². The van der Waals surface area contributed by atoms with Crippen molar-refractivity contribution >= 4 is 6.08 Å². The molecule has 0 aromatic heterocycles.